The lowest BCUT2D eigenvalue weighted by atomic mass is 10.1. The fourth-order valence-electron chi connectivity index (χ4n) is 3.72. The third-order valence-corrected chi connectivity index (χ3v) is 13.4. The molecule has 40 heavy (non-hydrogen) atoms. The van der Waals surface area contributed by atoms with Gasteiger partial charge in [0.2, 0.25) is 14.1 Å². The topological polar surface area (TPSA) is 120 Å². The second-order valence-corrected chi connectivity index (χ2v) is 17.7. The van der Waals surface area contributed by atoms with Gasteiger partial charge in [-0.15, -0.1) is 0 Å². The van der Waals surface area contributed by atoms with E-state index >= 15 is 0 Å². The van der Waals surface area contributed by atoms with Crippen molar-refractivity contribution in [3.63, 3.8) is 0 Å². The number of carboxylic acids is 1. The monoisotopic (exact) mass is 585 g/mol. The maximum absolute atomic E-state index is 13.4. The first-order valence-corrected chi connectivity index (χ1v) is 17.9. The minimum Gasteiger partial charge on any atom is -0.543 e. The average Bonchev–Trinajstić information content (AvgIpc) is 2.87. The number of carbonyl (C=O) groups is 1. The van der Waals surface area contributed by atoms with Crippen molar-refractivity contribution < 1.29 is 27.9 Å². The van der Waals surface area contributed by atoms with E-state index in [1.54, 1.807) is 20.0 Å². The molecule has 2 aromatic carbocycles. The van der Waals surface area contributed by atoms with E-state index in [1.165, 1.54) is 0 Å². The van der Waals surface area contributed by atoms with E-state index in [0.717, 1.165) is 16.9 Å². The third kappa shape index (κ3) is 7.78. The summed E-state index contributed by atoms with van der Waals surface area (Å²) < 4.78 is 30.5. The van der Waals surface area contributed by atoms with Crippen molar-refractivity contribution in [2.45, 2.75) is 65.0 Å². The average molecular weight is 586 g/mol. The molecule has 0 amide bonds. The van der Waals surface area contributed by atoms with Crippen LogP contribution in [0, 0.1) is 0 Å². The Labute approximate surface area is 238 Å². The maximum atomic E-state index is 13.4. The molecule has 1 unspecified atom stereocenters. The van der Waals surface area contributed by atoms with Crippen LogP contribution in [0.25, 0.3) is 11.3 Å². The van der Waals surface area contributed by atoms with Crippen LogP contribution < -0.4 is 9.74 Å². The number of rotatable bonds is 13. The van der Waals surface area contributed by atoms with Crippen LogP contribution in [0.2, 0.25) is 18.1 Å². The molecule has 0 bridgehead atoms. The molecule has 1 atom stereocenters. The molecule has 0 fully saturated rings. The molecular formula is C29H40N3O6PSi. The predicted octanol–water partition coefficient (Wildman–Crippen LogP) is 7.21. The van der Waals surface area contributed by atoms with Crippen LogP contribution >= 0.6 is 7.60 Å². The molecule has 0 spiro atoms. The summed E-state index contributed by atoms with van der Waals surface area (Å²) in [7, 11) is -6.11. The number of anilines is 1. The molecule has 0 radical (unpaired) electrons. The Balaban J connectivity index is 2.04. The zero-order valence-electron chi connectivity index (χ0n) is 24.3. The zero-order chi connectivity index (χ0) is 29.6. The van der Waals surface area contributed by atoms with Gasteiger partial charge in [0, 0.05) is 12.0 Å². The fraction of sp³-hybridized carbons (Fsp3) is 0.414. The second kappa shape index (κ2) is 13.1. The molecule has 0 saturated heterocycles. The lowest BCUT2D eigenvalue weighted by Crippen LogP contribution is -2.43. The second-order valence-electron chi connectivity index (χ2n) is 10.9. The molecule has 0 saturated carbocycles. The van der Waals surface area contributed by atoms with Crippen LogP contribution in [-0.4, -0.2) is 48.4 Å². The number of aliphatic carboxylic acids is 1. The van der Waals surface area contributed by atoms with Crippen molar-refractivity contribution in [1.82, 2.24) is 9.97 Å². The highest BCUT2D eigenvalue weighted by Gasteiger charge is 2.42. The van der Waals surface area contributed by atoms with Crippen molar-refractivity contribution >= 4 is 27.7 Å². The first kappa shape index (κ1) is 31.5. The van der Waals surface area contributed by atoms with E-state index < -0.39 is 27.7 Å². The zero-order valence-corrected chi connectivity index (χ0v) is 26.2. The summed E-state index contributed by atoms with van der Waals surface area (Å²) in [5, 5.41) is 12.8. The van der Waals surface area contributed by atoms with Crippen LogP contribution in [0.3, 0.4) is 0 Å². The van der Waals surface area contributed by atoms with Gasteiger partial charge in [-0.3, -0.25) is 4.57 Å². The molecule has 1 aromatic heterocycles. The van der Waals surface area contributed by atoms with Gasteiger partial charge in [0.15, 0.2) is 0 Å². The van der Waals surface area contributed by atoms with Crippen molar-refractivity contribution in [1.29, 1.82) is 0 Å². The predicted molar refractivity (Wildman–Crippen MR) is 160 cm³/mol. The third-order valence-electron chi connectivity index (χ3n) is 6.81. The van der Waals surface area contributed by atoms with Gasteiger partial charge >= 0.3 is 13.6 Å². The molecule has 0 aliphatic rings. The molecule has 216 valence electrons. The summed E-state index contributed by atoms with van der Waals surface area (Å²) >= 11 is 0. The highest BCUT2D eigenvalue weighted by atomic mass is 31.2. The van der Waals surface area contributed by atoms with Crippen LogP contribution in [0.4, 0.5) is 5.82 Å². The van der Waals surface area contributed by atoms with Gasteiger partial charge in [0.25, 0.3) is 0 Å². The summed E-state index contributed by atoms with van der Waals surface area (Å²) in [6.45, 7) is 14.3. The van der Waals surface area contributed by atoms with Crippen molar-refractivity contribution in [2.75, 3.05) is 18.5 Å². The highest BCUT2D eigenvalue weighted by Crippen LogP contribution is 2.53. The number of benzene rings is 2. The summed E-state index contributed by atoms with van der Waals surface area (Å²) in [6.07, 6.45) is 1.93. The Morgan fingerprint density at radius 3 is 2.27 bits per heavy atom. The number of nitrogens with one attached hydrogen (secondary N) is 1. The minimum absolute atomic E-state index is 0.0253. The lowest BCUT2D eigenvalue weighted by molar-refractivity contribution is -0.136. The summed E-state index contributed by atoms with van der Waals surface area (Å²) in [4.78, 5) is 21.7. The number of nitrogens with zero attached hydrogens (tertiary/aromatic N) is 2. The van der Waals surface area contributed by atoms with E-state index in [9.17, 15) is 14.5 Å². The Kier molecular flexibility index (Phi) is 10.3. The molecule has 11 heteroatoms. The minimum atomic E-state index is -4.05. The van der Waals surface area contributed by atoms with E-state index in [-0.39, 0.29) is 24.1 Å². The number of hydrogen-bond acceptors (Lipinski definition) is 8. The first-order chi connectivity index (χ1) is 18.8. The smallest absolute Gasteiger partial charge is 0.364 e. The van der Waals surface area contributed by atoms with Gasteiger partial charge < -0.3 is 23.9 Å². The molecule has 1 heterocycles. The van der Waals surface area contributed by atoms with Crippen LogP contribution in [0.5, 0.6) is 5.75 Å². The molecule has 2 N–H and O–H groups in total. The highest BCUT2D eigenvalue weighted by molar-refractivity contribution is 7.55. The van der Waals surface area contributed by atoms with E-state index in [0.29, 0.717) is 17.8 Å². The van der Waals surface area contributed by atoms with Gasteiger partial charge in [-0.25, -0.2) is 14.8 Å². The fourth-order valence-corrected chi connectivity index (χ4v) is 6.38. The molecule has 9 nitrogen and oxygen atoms in total. The standard InChI is InChI=1S/C29H40N3O6PSi/c1-8-36-39(35,37-9-2)27(28(33)34)32-26-24(18-21-14-11-10-12-15-21)31-25(20-30-26)22-16-13-17-23(19-22)38-40(6,7)29(3,4)5/h10-17,19-20,27H,8-9,18H2,1-7H3,(H,30,32)(H,33,34). The first-order valence-electron chi connectivity index (χ1n) is 13.4. The Hall–Kier alpha value is -3.04. The van der Waals surface area contributed by atoms with Crippen LogP contribution in [-0.2, 0) is 24.8 Å². The molecule has 3 rings (SSSR count). The van der Waals surface area contributed by atoms with Gasteiger partial charge in [-0.2, -0.15) is 0 Å². The maximum Gasteiger partial charge on any atom is 0.364 e. The molecule has 3 aromatic rings. The summed E-state index contributed by atoms with van der Waals surface area (Å²) in [6, 6.07) is 17.4. The van der Waals surface area contributed by atoms with Crippen molar-refractivity contribution in [2.24, 2.45) is 0 Å². The van der Waals surface area contributed by atoms with Gasteiger partial charge in [0.05, 0.1) is 30.8 Å². The number of hydrogen-bond donors (Lipinski definition) is 2. The number of aromatic nitrogens is 2. The largest absolute Gasteiger partial charge is 0.543 e. The Bertz CT molecular complexity index is 1340. The van der Waals surface area contributed by atoms with Gasteiger partial charge in [-0.05, 0) is 49.7 Å². The van der Waals surface area contributed by atoms with Gasteiger partial charge in [-0.1, -0.05) is 63.2 Å². The van der Waals surface area contributed by atoms with E-state index in [2.05, 4.69) is 44.2 Å². The van der Waals surface area contributed by atoms with Gasteiger partial charge in [0.1, 0.15) is 11.6 Å². The Morgan fingerprint density at radius 1 is 1.05 bits per heavy atom. The number of carboxylic acid groups (broad SMARTS) is 1. The summed E-state index contributed by atoms with van der Waals surface area (Å²) in [5.41, 5.74) is 2.86. The molecular weight excluding hydrogens is 545 g/mol. The Morgan fingerprint density at radius 2 is 1.70 bits per heavy atom. The van der Waals surface area contributed by atoms with Crippen molar-refractivity contribution in [3.05, 3.63) is 72.1 Å². The van der Waals surface area contributed by atoms with E-state index in [1.807, 2.05) is 54.6 Å². The normalized spacial score (nSPS) is 13.1. The lowest BCUT2D eigenvalue weighted by Gasteiger charge is -2.36. The molecule has 0 aliphatic heterocycles. The van der Waals surface area contributed by atoms with Crippen LogP contribution in [0.15, 0.2) is 60.8 Å². The quantitative estimate of drug-likeness (QED) is 0.158. The molecule has 0 aliphatic carbocycles. The van der Waals surface area contributed by atoms with Crippen molar-refractivity contribution in [3.8, 4) is 17.0 Å². The van der Waals surface area contributed by atoms with Crippen LogP contribution in [0.1, 0.15) is 45.9 Å². The van der Waals surface area contributed by atoms with E-state index in [4.69, 9.17) is 18.5 Å². The SMILES string of the molecule is CCOP(=O)(OCC)C(Nc1ncc(-c2cccc(O[Si](C)(C)C(C)(C)C)c2)nc1Cc1ccccc1)C(=O)O. The summed E-state index contributed by atoms with van der Waals surface area (Å²) in [5.74, 6) is -2.09.